The topological polar surface area (TPSA) is 86.5 Å². The van der Waals surface area contributed by atoms with Crippen molar-refractivity contribution in [3.05, 3.63) is 18.0 Å². The number of anilines is 1. The van der Waals surface area contributed by atoms with Crippen LogP contribution in [0.15, 0.2) is 12.4 Å². The summed E-state index contributed by atoms with van der Waals surface area (Å²) >= 11 is 0. The fourth-order valence-corrected chi connectivity index (χ4v) is 2.43. The van der Waals surface area contributed by atoms with Gasteiger partial charge in [0.05, 0.1) is 5.56 Å². The summed E-state index contributed by atoms with van der Waals surface area (Å²) in [6.45, 7) is 1.99. The number of aliphatic hydroxyl groups excluding tert-OH is 1. The summed E-state index contributed by atoms with van der Waals surface area (Å²) in [4.78, 5) is 21.1. The maximum absolute atomic E-state index is 10.7. The first kappa shape index (κ1) is 13.7. The van der Waals surface area contributed by atoms with Gasteiger partial charge in [-0.2, -0.15) is 0 Å². The molecule has 0 bridgehead atoms. The first-order valence-electron chi connectivity index (χ1n) is 6.62. The standard InChI is InChI=1S/C13H19N3O3/c17-7-4-10-2-1-5-16(6-3-10)13-14-8-11(9-15-13)12(18)19/h8-10,17H,1-7H2,(H,18,19). The average molecular weight is 265 g/mol. The van der Waals surface area contributed by atoms with Crippen molar-refractivity contribution >= 4 is 11.9 Å². The van der Waals surface area contributed by atoms with Crippen molar-refractivity contribution in [1.82, 2.24) is 9.97 Å². The molecule has 0 saturated carbocycles. The number of rotatable bonds is 4. The molecule has 6 heteroatoms. The molecule has 19 heavy (non-hydrogen) atoms. The van der Waals surface area contributed by atoms with E-state index in [1.54, 1.807) is 0 Å². The van der Waals surface area contributed by atoms with Crippen LogP contribution in [-0.2, 0) is 0 Å². The highest BCUT2D eigenvalue weighted by Crippen LogP contribution is 2.22. The number of nitrogens with zero attached hydrogens (tertiary/aromatic N) is 3. The molecule has 2 N–H and O–H groups in total. The van der Waals surface area contributed by atoms with Gasteiger partial charge in [-0.05, 0) is 31.6 Å². The summed E-state index contributed by atoms with van der Waals surface area (Å²) in [6, 6.07) is 0. The van der Waals surface area contributed by atoms with Crippen molar-refractivity contribution < 1.29 is 15.0 Å². The Morgan fingerprint density at radius 2 is 2.05 bits per heavy atom. The van der Waals surface area contributed by atoms with Crippen molar-refractivity contribution in [3.63, 3.8) is 0 Å². The smallest absolute Gasteiger partial charge is 0.338 e. The van der Waals surface area contributed by atoms with E-state index < -0.39 is 5.97 Å². The SMILES string of the molecule is O=C(O)c1cnc(N2CCCC(CCO)CC2)nc1. The van der Waals surface area contributed by atoms with Crippen LogP contribution < -0.4 is 4.90 Å². The third-order valence-electron chi connectivity index (χ3n) is 3.55. The van der Waals surface area contributed by atoms with Gasteiger partial charge in [-0.15, -0.1) is 0 Å². The second kappa shape index (κ2) is 6.47. The average Bonchev–Trinajstić information content (AvgIpc) is 2.65. The molecule has 6 nitrogen and oxygen atoms in total. The first-order valence-corrected chi connectivity index (χ1v) is 6.62. The molecule has 1 fully saturated rings. The van der Waals surface area contributed by atoms with E-state index in [0.717, 1.165) is 38.8 Å². The number of aromatic carboxylic acids is 1. The molecule has 0 radical (unpaired) electrons. The van der Waals surface area contributed by atoms with Gasteiger partial charge in [-0.25, -0.2) is 14.8 Å². The molecular weight excluding hydrogens is 246 g/mol. The summed E-state index contributed by atoms with van der Waals surface area (Å²) in [5.74, 6) is 0.147. The number of hydrogen-bond acceptors (Lipinski definition) is 5. The fraction of sp³-hybridized carbons (Fsp3) is 0.615. The van der Waals surface area contributed by atoms with Crippen LogP contribution in [0.4, 0.5) is 5.95 Å². The van der Waals surface area contributed by atoms with E-state index in [0.29, 0.717) is 11.9 Å². The molecule has 0 amide bonds. The quantitative estimate of drug-likeness (QED) is 0.849. The zero-order valence-electron chi connectivity index (χ0n) is 10.8. The molecule has 0 spiro atoms. The highest BCUT2D eigenvalue weighted by molar-refractivity contribution is 5.86. The highest BCUT2D eigenvalue weighted by Gasteiger charge is 2.18. The van der Waals surface area contributed by atoms with Crippen LogP contribution in [0.5, 0.6) is 0 Å². The zero-order chi connectivity index (χ0) is 13.7. The van der Waals surface area contributed by atoms with Crippen LogP contribution in [0.1, 0.15) is 36.0 Å². The van der Waals surface area contributed by atoms with Crippen molar-refractivity contribution in [1.29, 1.82) is 0 Å². The monoisotopic (exact) mass is 265 g/mol. The Morgan fingerprint density at radius 3 is 2.68 bits per heavy atom. The summed E-state index contributed by atoms with van der Waals surface area (Å²) < 4.78 is 0. The molecule has 1 saturated heterocycles. The van der Waals surface area contributed by atoms with Crippen LogP contribution in [0.25, 0.3) is 0 Å². The van der Waals surface area contributed by atoms with E-state index in [1.807, 2.05) is 0 Å². The van der Waals surface area contributed by atoms with Gasteiger partial charge in [0, 0.05) is 32.1 Å². The normalized spacial score (nSPS) is 20.1. The second-order valence-electron chi connectivity index (χ2n) is 4.87. The third kappa shape index (κ3) is 3.64. The molecule has 104 valence electrons. The summed E-state index contributed by atoms with van der Waals surface area (Å²) in [5, 5.41) is 17.8. The molecular formula is C13H19N3O3. The lowest BCUT2D eigenvalue weighted by Crippen LogP contribution is -2.26. The lowest BCUT2D eigenvalue weighted by molar-refractivity contribution is 0.0696. The summed E-state index contributed by atoms with van der Waals surface area (Å²) in [7, 11) is 0. The third-order valence-corrected chi connectivity index (χ3v) is 3.55. The van der Waals surface area contributed by atoms with E-state index in [2.05, 4.69) is 14.9 Å². The number of hydrogen-bond donors (Lipinski definition) is 2. The molecule has 1 aliphatic rings. The van der Waals surface area contributed by atoms with Gasteiger partial charge in [-0.3, -0.25) is 0 Å². The Morgan fingerprint density at radius 1 is 1.32 bits per heavy atom. The molecule has 0 aromatic carbocycles. The van der Waals surface area contributed by atoms with Crippen molar-refractivity contribution in [2.45, 2.75) is 25.7 Å². The number of aliphatic hydroxyl groups is 1. The molecule has 1 aromatic rings. The summed E-state index contributed by atoms with van der Waals surface area (Å²) in [5.41, 5.74) is 0.108. The van der Waals surface area contributed by atoms with E-state index in [4.69, 9.17) is 10.2 Å². The predicted molar refractivity (Wildman–Crippen MR) is 70.2 cm³/mol. The van der Waals surface area contributed by atoms with Gasteiger partial charge >= 0.3 is 5.97 Å². The van der Waals surface area contributed by atoms with Crippen LogP contribution in [-0.4, -0.2) is 45.8 Å². The van der Waals surface area contributed by atoms with Gasteiger partial charge in [0.2, 0.25) is 5.95 Å². The molecule has 0 aliphatic carbocycles. The molecule has 1 aliphatic heterocycles. The van der Waals surface area contributed by atoms with Crippen LogP contribution in [0.2, 0.25) is 0 Å². The fourth-order valence-electron chi connectivity index (χ4n) is 2.43. The van der Waals surface area contributed by atoms with E-state index >= 15 is 0 Å². The molecule has 1 unspecified atom stereocenters. The molecule has 2 heterocycles. The lowest BCUT2D eigenvalue weighted by atomic mass is 9.98. The first-order chi connectivity index (χ1) is 9.20. The van der Waals surface area contributed by atoms with Crippen molar-refractivity contribution in [3.8, 4) is 0 Å². The van der Waals surface area contributed by atoms with Gasteiger partial charge in [0.1, 0.15) is 0 Å². The number of aromatic nitrogens is 2. The zero-order valence-corrected chi connectivity index (χ0v) is 10.8. The minimum Gasteiger partial charge on any atom is -0.478 e. The van der Waals surface area contributed by atoms with E-state index in [9.17, 15) is 4.79 Å². The van der Waals surface area contributed by atoms with Crippen molar-refractivity contribution in [2.75, 3.05) is 24.6 Å². The number of carboxylic acid groups (broad SMARTS) is 1. The Hall–Kier alpha value is -1.69. The molecule has 1 aromatic heterocycles. The lowest BCUT2D eigenvalue weighted by Gasteiger charge is -2.20. The maximum atomic E-state index is 10.7. The van der Waals surface area contributed by atoms with E-state index in [-0.39, 0.29) is 12.2 Å². The summed E-state index contributed by atoms with van der Waals surface area (Å²) in [6.07, 6.45) is 6.73. The second-order valence-corrected chi connectivity index (χ2v) is 4.87. The molecule has 2 rings (SSSR count). The minimum absolute atomic E-state index is 0.108. The predicted octanol–water partition coefficient (Wildman–Crippen LogP) is 1.16. The van der Waals surface area contributed by atoms with Gasteiger partial charge in [-0.1, -0.05) is 0 Å². The van der Waals surface area contributed by atoms with E-state index in [1.165, 1.54) is 12.4 Å². The van der Waals surface area contributed by atoms with Crippen LogP contribution in [0.3, 0.4) is 0 Å². The van der Waals surface area contributed by atoms with Crippen molar-refractivity contribution in [2.24, 2.45) is 5.92 Å². The largest absolute Gasteiger partial charge is 0.478 e. The van der Waals surface area contributed by atoms with Gasteiger partial charge in [0.15, 0.2) is 0 Å². The van der Waals surface area contributed by atoms with Gasteiger partial charge < -0.3 is 15.1 Å². The Bertz CT molecular complexity index is 422. The molecule has 1 atom stereocenters. The van der Waals surface area contributed by atoms with Gasteiger partial charge in [0.25, 0.3) is 0 Å². The Labute approximate surface area is 112 Å². The maximum Gasteiger partial charge on any atom is 0.338 e. The minimum atomic E-state index is -1.01. The number of carbonyl (C=O) groups is 1. The Kier molecular flexibility index (Phi) is 4.68. The van der Waals surface area contributed by atoms with Crippen LogP contribution >= 0.6 is 0 Å². The Balaban J connectivity index is 1.99. The number of carboxylic acids is 1. The highest BCUT2D eigenvalue weighted by atomic mass is 16.4. The van der Waals surface area contributed by atoms with Crippen LogP contribution in [0, 0.1) is 5.92 Å².